The molecule has 3 amide bonds. The number of benzene rings is 1. The summed E-state index contributed by atoms with van der Waals surface area (Å²) < 4.78 is 18.0. The molecule has 1 aromatic carbocycles. The van der Waals surface area contributed by atoms with Gasteiger partial charge in [0.25, 0.3) is 5.91 Å². The van der Waals surface area contributed by atoms with Crippen molar-refractivity contribution in [2.45, 2.75) is 104 Å². The number of nitrogens with zero attached hydrogens (tertiary/aromatic N) is 3. The maximum absolute atomic E-state index is 14.4. The quantitative estimate of drug-likeness (QED) is 0.309. The van der Waals surface area contributed by atoms with Crippen molar-refractivity contribution in [3.8, 4) is 5.75 Å². The first-order valence-corrected chi connectivity index (χ1v) is 17.1. The second-order valence-electron chi connectivity index (χ2n) is 13.5. The summed E-state index contributed by atoms with van der Waals surface area (Å²) >= 11 is 0. The van der Waals surface area contributed by atoms with Crippen molar-refractivity contribution in [1.29, 1.82) is 0 Å². The van der Waals surface area contributed by atoms with Gasteiger partial charge in [-0.05, 0) is 91.0 Å². The summed E-state index contributed by atoms with van der Waals surface area (Å²) in [6, 6.07) is 4.19. The Morgan fingerprint density at radius 3 is 2.52 bits per heavy atom. The molecule has 0 unspecified atom stereocenters. The highest BCUT2D eigenvalue weighted by molar-refractivity contribution is 6.03. The summed E-state index contributed by atoms with van der Waals surface area (Å²) in [5, 5.41) is 19.7. The Bertz CT molecular complexity index is 1260. The summed E-state index contributed by atoms with van der Waals surface area (Å²) in [4.78, 5) is 31.4. The Labute approximate surface area is 274 Å². The number of likely N-dealkylation sites (N-methyl/N-ethyl adjacent to an activating group) is 1. The zero-order chi connectivity index (χ0) is 33.2. The van der Waals surface area contributed by atoms with Crippen LogP contribution < -0.4 is 15.4 Å². The summed E-state index contributed by atoms with van der Waals surface area (Å²) in [7, 11) is 2.18. The average Bonchev–Trinajstić information content (AvgIpc) is 3.34. The van der Waals surface area contributed by atoms with Gasteiger partial charge in [-0.2, -0.15) is 0 Å². The number of carbonyl (C=O) groups is 2. The van der Waals surface area contributed by atoms with E-state index in [0.717, 1.165) is 38.3 Å². The van der Waals surface area contributed by atoms with Crippen molar-refractivity contribution < 1.29 is 28.7 Å². The third-order valence-electron chi connectivity index (χ3n) is 9.37. The lowest BCUT2D eigenvalue weighted by molar-refractivity contribution is -0.0190. The lowest BCUT2D eigenvalue weighted by atomic mass is 9.89. The van der Waals surface area contributed by atoms with Gasteiger partial charge in [-0.15, -0.1) is 0 Å². The van der Waals surface area contributed by atoms with E-state index in [1.165, 1.54) is 32.1 Å². The predicted octanol–water partition coefficient (Wildman–Crippen LogP) is 6.24. The van der Waals surface area contributed by atoms with Gasteiger partial charge in [-0.25, -0.2) is 4.79 Å². The highest BCUT2D eigenvalue weighted by atomic mass is 16.5. The maximum atomic E-state index is 14.4. The van der Waals surface area contributed by atoms with E-state index >= 15 is 0 Å². The lowest BCUT2D eigenvalue weighted by Crippen LogP contribution is -2.47. The van der Waals surface area contributed by atoms with Crippen molar-refractivity contribution in [2.75, 3.05) is 50.5 Å². The molecule has 11 heteroatoms. The molecule has 1 aromatic heterocycles. The summed E-state index contributed by atoms with van der Waals surface area (Å²) in [6.45, 7) is 12.2. The number of rotatable bonds is 8. The Balaban J connectivity index is 1.57. The van der Waals surface area contributed by atoms with Gasteiger partial charge in [0, 0.05) is 37.8 Å². The fourth-order valence-corrected chi connectivity index (χ4v) is 6.59. The van der Waals surface area contributed by atoms with Crippen LogP contribution in [0.1, 0.15) is 93.9 Å². The SMILES string of the molecule is Cc1noc(C)c1NC(=O)Nc1ccc2c(c1)C(=O)N([C@@H](C)CO)C[C@H](C)[C@H](CN(C)CC1CCCCC1)OCCCC[C@H](C)O2. The van der Waals surface area contributed by atoms with E-state index < -0.39 is 12.1 Å². The van der Waals surface area contributed by atoms with Crippen molar-refractivity contribution in [2.24, 2.45) is 11.8 Å². The second-order valence-corrected chi connectivity index (χ2v) is 13.5. The largest absolute Gasteiger partial charge is 0.490 e. The summed E-state index contributed by atoms with van der Waals surface area (Å²) in [5.41, 5.74) is 1.84. The molecular weight excluding hydrogens is 586 g/mol. The molecule has 0 saturated heterocycles. The first kappa shape index (κ1) is 35.7. The minimum Gasteiger partial charge on any atom is -0.490 e. The second kappa shape index (κ2) is 17.1. The molecule has 2 heterocycles. The molecule has 11 nitrogen and oxygen atoms in total. The van der Waals surface area contributed by atoms with E-state index in [1.807, 2.05) is 13.8 Å². The predicted molar refractivity (Wildman–Crippen MR) is 180 cm³/mol. The number of aryl methyl sites for hydroxylation is 2. The van der Waals surface area contributed by atoms with Crippen molar-refractivity contribution >= 4 is 23.3 Å². The fourth-order valence-electron chi connectivity index (χ4n) is 6.59. The molecule has 4 rings (SSSR count). The first-order chi connectivity index (χ1) is 22.0. The van der Waals surface area contributed by atoms with Crippen LogP contribution in [0, 0.1) is 25.7 Å². The van der Waals surface area contributed by atoms with E-state index in [9.17, 15) is 14.7 Å². The van der Waals surface area contributed by atoms with Gasteiger partial charge in [0.2, 0.25) is 0 Å². The van der Waals surface area contributed by atoms with Gasteiger partial charge in [0.1, 0.15) is 17.1 Å². The van der Waals surface area contributed by atoms with Crippen LogP contribution in [0.5, 0.6) is 5.75 Å². The van der Waals surface area contributed by atoms with E-state index in [4.69, 9.17) is 14.0 Å². The van der Waals surface area contributed by atoms with Gasteiger partial charge in [-0.3, -0.25) is 4.79 Å². The molecule has 0 bridgehead atoms. The van der Waals surface area contributed by atoms with Gasteiger partial charge < -0.3 is 39.5 Å². The van der Waals surface area contributed by atoms with Crippen LogP contribution in [-0.2, 0) is 4.74 Å². The number of hydrogen-bond acceptors (Lipinski definition) is 8. The maximum Gasteiger partial charge on any atom is 0.323 e. The third-order valence-corrected chi connectivity index (χ3v) is 9.37. The molecule has 1 aliphatic heterocycles. The molecule has 0 spiro atoms. The average molecular weight is 642 g/mol. The molecule has 2 aromatic rings. The van der Waals surface area contributed by atoms with Crippen molar-refractivity contribution in [3.63, 3.8) is 0 Å². The number of anilines is 2. The fraction of sp³-hybridized carbons (Fsp3) is 0.686. The van der Waals surface area contributed by atoms with Crippen LogP contribution in [0.3, 0.4) is 0 Å². The van der Waals surface area contributed by atoms with Crippen LogP contribution >= 0.6 is 0 Å². The zero-order valence-corrected chi connectivity index (χ0v) is 28.6. The molecule has 3 N–H and O–H groups in total. The molecule has 2 aliphatic rings. The number of amides is 3. The highest BCUT2D eigenvalue weighted by Crippen LogP contribution is 2.29. The van der Waals surface area contributed by atoms with E-state index in [-0.39, 0.29) is 30.6 Å². The number of ether oxygens (including phenoxy) is 2. The van der Waals surface area contributed by atoms with Crippen LogP contribution in [0.15, 0.2) is 22.7 Å². The van der Waals surface area contributed by atoms with Crippen LogP contribution in [-0.4, -0.2) is 90.1 Å². The van der Waals surface area contributed by atoms with Gasteiger partial charge in [-0.1, -0.05) is 31.3 Å². The van der Waals surface area contributed by atoms with Crippen LogP contribution in [0.4, 0.5) is 16.2 Å². The molecule has 0 radical (unpaired) electrons. The van der Waals surface area contributed by atoms with Gasteiger partial charge in [0.15, 0.2) is 5.76 Å². The molecule has 4 atom stereocenters. The summed E-state index contributed by atoms with van der Waals surface area (Å²) in [6.07, 6.45) is 9.05. The number of urea groups is 1. The number of carbonyl (C=O) groups excluding carboxylic acids is 2. The van der Waals surface area contributed by atoms with Gasteiger partial charge in [0.05, 0.1) is 30.4 Å². The topological polar surface area (TPSA) is 129 Å². The molecule has 46 heavy (non-hydrogen) atoms. The molecule has 1 saturated carbocycles. The van der Waals surface area contributed by atoms with Crippen molar-refractivity contribution in [3.05, 3.63) is 35.2 Å². The molecule has 1 aliphatic carbocycles. The third kappa shape index (κ3) is 9.92. The number of aromatic nitrogens is 1. The van der Waals surface area contributed by atoms with Crippen molar-refractivity contribution in [1.82, 2.24) is 15.0 Å². The Hall–Kier alpha value is -3.15. The monoisotopic (exact) mass is 641 g/mol. The molecule has 1 fully saturated rings. The molecular formula is C35H55N5O6. The number of nitrogens with one attached hydrogen (secondary N) is 2. The minimum atomic E-state index is -0.483. The van der Waals surface area contributed by atoms with Crippen LogP contribution in [0.25, 0.3) is 0 Å². The summed E-state index contributed by atoms with van der Waals surface area (Å²) in [5.74, 6) is 1.43. The number of aliphatic hydroxyl groups is 1. The molecule has 256 valence electrons. The first-order valence-electron chi connectivity index (χ1n) is 17.1. The number of hydrogen-bond donors (Lipinski definition) is 3. The highest BCUT2D eigenvalue weighted by Gasteiger charge is 2.31. The van der Waals surface area contributed by atoms with Gasteiger partial charge >= 0.3 is 6.03 Å². The Morgan fingerprint density at radius 1 is 1.09 bits per heavy atom. The normalized spacial score (nSPS) is 22.9. The minimum absolute atomic E-state index is 0.0140. The smallest absolute Gasteiger partial charge is 0.323 e. The number of fused-ring (bicyclic) bond motifs is 1. The standard InChI is InChI=1S/C35H55N5O6/c1-23-19-40(24(2)22-41)34(42)30-18-29(36-35(43)37-33-26(4)38-46-27(33)5)15-16-31(30)45-25(3)12-10-11-17-44-32(23)21-39(6)20-28-13-8-7-9-14-28/h15-16,18,23-25,28,32,41H,7-14,17,19-22H2,1-6H3,(H2,36,37,43)/t23-,24-,25-,32-/m0/s1. The Kier molecular flexibility index (Phi) is 13.3. The van der Waals surface area contributed by atoms with E-state index in [0.29, 0.717) is 47.3 Å². The van der Waals surface area contributed by atoms with E-state index in [1.54, 1.807) is 36.9 Å². The Morgan fingerprint density at radius 2 is 1.83 bits per heavy atom. The van der Waals surface area contributed by atoms with Crippen LogP contribution in [0.2, 0.25) is 0 Å². The lowest BCUT2D eigenvalue weighted by Gasteiger charge is -2.36. The van der Waals surface area contributed by atoms with E-state index in [2.05, 4.69) is 34.7 Å². The zero-order valence-electron chi connectivity index (χ0n) is 28.6. The number of aliphatic hydroxyl groups excluding tert-OH is 1.